The summed E-state index contributed by atoms with van der Waals surface area (Å²) in [6, 6.07) is 0. The summed E-state index contributed by atoms with van der Waals surface area (Å²) < 4.78 is 47.1. The zero-order chi connectivity index (χ0) is 27.2. The minimum Gasteiger partial charge on any atom is -0.463 e. The number of hydrogen-bond acceptors (Lipinski definition) is 12. The van der Waals surface area contributed by atoms with Crippen molar-refractivity contribution in [3.8, 4) is 0 Å². The summed E-state index contributed by atoms with van der Waals surface area (Å²) >= 11 is 0. The second-order valence-electron chi connectivity index (χ2n) is 7.62. The lowest BCUT2D eigenvalue weighted by molar-refractivity contribution is -0.270. The predicted molar refractivity (Wildman–Crippen MR) is 114 cm³/mol. The first kappa shape index (κ1) is 28.6. The van der Waals surface area contributed by atoms with Gasteiger partial charge in [-0.05, 0) is 6.92 Å². The lowest BCUT2D eigenvalue weighted by Crippen LogP contribution is -2.63. The molecule has 0 aromatic carbocycles. The Labute approximate surface area is 203 Å². The average molecular weight is 518 g/mol. The lowest BCUT2D eigenvalue weighted by atomic mass is 9.97. The highest BCUT2D eigenvalue weighted by molar-refractivity contribution is 5.68. The van der Waals surface area contributed by atoms with Gasteiger partial charge in [0.2, 0.25) is 5.82 Å². The van der Waals surface area contributed by atoms with Gasteiger partial charge in [0.1, 0.15) is 19.4 Å². The van der Waals surface area contributed by atoms with Gasteiger partial charge in [-0.2, -0.15) is 4.39 Å². The fourth-order valence-corrected chi connectivity index (χ4v) is 3.51. The number of aromatic nitrogens is 2. The molecule has 1 aromatic heterocycles. The van der Waals surface area contributed by atoms with E-state index in [0.717, 1.165) is 32.3 Å². The van der Waals surface area contributed by atoms with E-state index in [0.29, 0.717) is 10.8 Å². The Balaban J connectivity index is 2.75. The average Bonchev–Trinajstić information content (AvgIpc) is 2.76. The molecule has 1 saturated heterocycles. The predicted octanol–water partition coefficient (Wildman–Crippen LogP) is -0.601. The van der Waals surface area contributed by atoms with Crippen LogP contribution in [0.15, 0.2) is 15.8 Å². The van der Waals surface area contributed by atoms with Crippen LogP contribution in [-0.4, -0.2) is 70.6 Å². The van der Waals surface area contributed by atoms with Gasteiger partial charge in [0, 0.05) is 34.3 Å². The normalized spacial score (nSPS) is 23.4. The van der Waals surface area contributed by atoms with Crippen LogP contribution in [0.1, 0.15) is 40.8 Å². The Hall–Kier alpha value is -3.59. The van der Waals surface area contributed by atoms with Gasteiger partial charge in [-0.15, -0.1) is 0 Å². The van der Waals surface area contributed by atoms with Crippen molar-refractivity contribution in [2.24, 2.45) is 0 Å². The van der Waals surface area contributed by atoms with Gasteiger partial charge in [-0.25, -0.2) is 9.36 Å². The van der Waals surface area contributed by atoms with Crippen molar-refractivity contribution in [1.82, 2.24) is 9.13 Å². The summed E-state index contributed by atoms with van der Waals surface area (Å²) in [5.41, 5.74) is -2.57. The highest BCUT2D eigenvalue weighted by Crippen LogP contribution is 2.33. The third-order valence-electron chi connectivity index (χ3n) is 4.80. The fourth-order valence-electron chi connectivity index (χ4n) is 3.51. The molecule has 15 heteroatoms. The van der Waals surface area contributed by atoms with E-state index in [2.05, 4.69) is 0 Å². The molecule has 0 amide bonds. The maximum atomic E-state index is 14.6. The fraction of sp³-hybridized carbons (Fsp3) is 0.619. The number of ether oxygens (including phenoxy) is 6. The molecule has 0 spiro atoms. The van der Waals surface area contributed by atoms with Crippen LogP contribution < -0.4 is 11.2 Å². The Morgan fingerprint density at radius 3 is 2.00 bits per heavy atom. The molecular formula is C21H27FN2O12. The molecule has 1 aliphatic rings. The third kappa shape index (κ3) is 6.97. The van der Waals surface area contributed by atoms with Crippen molar-refractivity contribution in [1.29, 1.82) is 0 Å². The first-order chi connectivity index (χ1) is 16.9. The molecule has 1 fully saturated rings. The molecule has 2 heterocycles. The number of hydrogen-bond donors (Lipinski definition) is 0. The Bertz CT molecular complexity index is 1110. The number of nitrogens with zero attached hydrogens (tertiary/aromatic N) is 2. The van der Waals surface area contributed by atoms with Crippen LogP contribution in [-0.2, 0) is 54.3 Å². The zero-order valence-corrected chi connectivity index (χ0v) is 20.3. The van der Waals surface area contributed by atoms with E-state index in [1.165, 1.54) is 0 Å². The number of carbonyl (C=O) groups excluding carboxylic acids is 4. The van der Waals surface area contributed by atoms with Crippen molar-refractivity contribution in [3.05, 3.63) is 32.9 Å². The van der Waals surface area contributed by atoms with E-state index in [-0.39, 0.29) is 6.61 Å². The maximum absolute atomic E-state index is 14.6. The summed E-state index contributed by atoms with van der Waals surface area (Å²) in [5.74, 6) is -4.87. The van der Waals surface area contributed by atoms with Crippen LogP contribution in [0.25, 0.3) is 0 Å². The smallest absolute Gasteiger partial charge is 0.335 e. The van der Waals surface area contributed by atoms with E-state index in [9.17, 15) is 33.2 Å². The Morgan fingerprint density at radius 1 is 0.917 bits per heavy atom. The van der Waals surface area contributed by atoms with E-state index >= 15 is 0 Å². The lowest BCUT2D eigenvalue weighted by Gasteiger charge is -2.44. The van der Waals surface area contributed by atoms with Gasteiger partial charge in [-0.1, -0.05) is 0 Å². The second kappa shape index (κ2) is 12.4. The largest absolute Gasteiger partial charge is 0.463 e. The molecule has 5 atom stereocenters. The number of halogens is 1. The molecule has 14 nitrogen and oxygen atoms in total. The Morgan fingerprint density at radius 2 is 1.47 bits per heavy atom. The summed E-state index contributed by atoms with van der Waals surface area (Å²) in [5, 5.41) is 0. The van der Waals surface area contributed by atoms with E-state index in [1.807, 2.05) is 0 Å². The summed E-state index contributed by atoms with van der Waals surface area (Å²) in [7, 11) is 0. The quantitative estimate of drug-likeness (QED) is 0.301. The van der Waals surface area contributed by atoms with Crippen molar-refractivity contribution < 1.29 is 52.0 Å². The topological polar surface area (TPSA) is 168 Å². The van der Waals surface area contributed by atoms with Gasteiger partial charge in [0.25, 0.3) is 5.56 Å². The molecule has 0 aliphatic carbocycles. The maximum Gasteiger partial charge on any atom is 0.335 e. The van der Waals surface area contributed by atoms with Crippen LogP contribution in [0, 0.1) is 5.82 Å². The first-order valence-corrected chi connectivity index (χ1v) is 10.8. The second-order valence-corrected chi connectivity index (χ2v) is 7.62. The first-order valence-electron chi connectivity index (χ1n) is 10.8. The molecule has 2 rings (SSSR count). The molecule has 0 radical (unpaired) electrons. The standard InChI is InChI=1S/C21H27FN2O12/c1-6-31-9-23-7-14(22)19(29)24(21(23)30)20-18(35-13(5)28)17(34-12(4)27)16(33-11(3)26)15(36-20)8-32-10(2)25/h7,15-18,20H,6,8-9H2,1-5H3/t15-,16-,17+,18-,20-/m1/s1. The van der Waals surface area contributed by atoms with Gasteiger partial charge >= 0.3 is 29.6 Å². The van der Waals surface area contributed by atoms with Crippen LogP contribution in [0.4, 0.5) is 4.39 Å². The highest BCUT2D eigenvalue weighted by Gasteiger charge is 2.53. The third-order valence-corrected chi connectivity index (χ3v) is 4.80. The highest BCUT2D eigenvalue weighted by atomic mass is 19.1. The zero-order valence-electron chi connectivity index (χ0n) is 20.3. The van der Waals surface area contributed by atoms with E-state index in [1.54, 1.807) is 6.92 Å². The monoisotopic (exact) mass is 518 g/mol. The number of rotatable bonds is 9. The van der Waals surface area contributed by atoms with Gasteiger partial charge in [-0.3, -0.25) is 28.5 Å². The minimum absolute atomic E-state index is 0.159. The summed E-state index contributed by atoms with van der Waals surface area (Å²) in [6.07, 6.45) is -7.63. The Kier molecular flexibility index (Phi) is 9.86. The summed E-state index contributed by atoms with van der Waals surface area (Å²) in [4.78, 5) is 72.9. The molecule has 1 aromatic rings. The molecule has 200 valence electrons. The number of carbonyl (C=O) groups is 4. The summed E-state index contributed by atoms with van der Waals surface area (Å²) in [6.45, 7) is 4.85. The van der Waals surface area contributed by atoms with E-state index < -0.39 is 84.9 Å². The van der Waals surface area contributed by atoms with Crippen LogP contribution in [0.3, 0.4) is 0 Å². The van der Waals surface area contributed by atoms with Gasteiger partial charge in [0.05, 0.1) is 6.20 Å². The van der Waals surface area contributed by atoms with Gasteiger partial charge < -0.3 is 28.4 Å². The van der Waals surface area contributed by atoms with Crippen molar-refractivity contribution in [2.45, 2.75) is 72.0 Å². The minimum atomic E-state index is -1.89. The van der Waals surface area contributed by atoms with Gasteiger partial charge in [0.15, 0.2) is 24.5 Å². The van der Waals surface area contributed by atoms with Crippen molar-refractivity contribution >= 4 is 23.9 Å². The number of esters is 4. The van der Waals surface area contributed by atoms with Crippen LogP contribution in [0.5, 0.6) is 0 Å². The molecule has 0 saturated carbocycles. The van der Waals surface area contributed by atoms with Crippen molar-refractivity contribution in [2.75, 3.05) is 13.2 Å². The molecule has 1 aliphatic heterocycles. The molecule has 0 unspecified atom stereocenters. The SMILES string of the molecule is CCOCn1cc(F)c(=O)n([C@@H]2O[C@H](COC(C)=O)[C@@H](OC(C)=O)[C@H](OC(C)=O)[C@H]2OC(C)=O)c1=O. The molecule has 0 N–H and O–H groups in total. The molecular weight excluding hydrogens is 491 g/mol. The van der Waals surface area contributed by atoms with Crippen molar-refractivity contribution in [3.63, 3.8) is 0 Å². The van der Waals surface area contributed by atoms with Crippen LogP contribution in [0.2, 0.25) is 0 Å². The molecule has 36 heavy (non-hydrogen) atoms. The van der Waals surface area contributed by atoms with E-state index in [4.69, 9.17) is 28.4 Å². The molecule has 0 bridgehead atoms. The van der Waals surface area contributed by atoms with Crippen LogP contribution >= 0.6 is 0 Å².